The fourth-order valence-corrected chi connectivity index (χ4v) is 2.52. The van der Waals surface area contributed by atoms with E-state index in [-0.39, 0.29) is 11.6 Å². The summed E-state index contributed by atoms with van der Waals surface area (Å²) < 4.78 is 27.1. The van der Waals surface area contributed by atoms with Crippen molar-refractivity contribution >= 4 is 0 Å². The van der Waals surface area contributed by atoms with Gasteiger partial charge < -0.3 is 5.32 Å². The van der Waals surface area contributed by atoms with Crippen LogP contribution in [0.15, 0.2) is 30.4 Å². The average molecular weight is 265 g/mol. The molecular weight excluding hydrogens is 244 g/mol. The van der Waals surface area contributed by atoms with E-state index in [1.54, 1.807) is 0 Å². The van der Waals surface area contributed by atoms with Crippen LogP contribution >= 0.6 is 0 Å². The number of rotatable bonds is 5. The molecule has 2 rings (SSSR count). The molecule has 0 radical (unpaired) electrons. The van der Waals surface area contributed by atoms with E-state index < -0.39 is 11.6 Å². The maximum atomic E-state index is 13.5. The highest BCUT2D eigenvalue weighted by molar-refractivity contribution is 5.20. The highest BCUT2D eigenvalue weighted by atomic mass is 19.1. The molecular formula is C16H21F2N. The highest BCUT2D eigenvalue weighted by Gasteiger charge is 2.14. The Morgan fingerprint density at radius 1 is 1.26 bits per heavy atom. The molecule has 0 amide bonds. The van der Waals surface area contributed by atoms with Crippen molar-refractivity contribution in [3.05, 3.63) is 47.5 Å². The van der Waals surface area contributed by atoms with Crippen LogP contribution in [0.25, 0.3) is 0 Å². The van der Waals surface area contributed by atoms with Crippen LogP contribution in [-0.2, 0) is 6.42 Å². The smallest absolute Gasteiger partial charge is 0.129 e. The van der Waals surface area contributed by atoms with Crippen molar-refractivity contribution in [2.24, 2.45) is 5.92 Å². The number of nitrogens with one attached hydrogen (secondary N) is 1. The van der Waals surface area contributed by atoms with Gasteiger partial charge in [0.1, 0.15) is 11.6 Å². The first kappa shape index (κ1) is 14.2. The number of halogens is 2. The zero-order valence-electron chi connectivity index (χ0n) is 11.3. The molecule has 1 N–H and O–H groups in total. The van der Waals surface area contributed by atoms with Gasteiger partial charge >= 0.3 is 0 Å². The molecule has 104 valence electrons. The first-order valence-corrected chi connectivity index (χ1v) is 6.98. The van der Waals surface area contributed by atoms with Crippen molar-refractivity contribution < 1.29 is 8.78 Å². The number of hydrogen-bond donors (Lipinski definition) is 1. The van der Waals surface area contributed by atoms with Crippen LogP contribution in [0.2, 0.25) is 0 Å². The Morgan fingerprint density at radius 2 is 2.00 bits per heavy atom. The monoisotopic (exact) mass is 265 g/mol. The van der Waals surface area contributed by atoms with E-state index in [2.05, 4.69) is 17.5 Å². The quantitative estimate of drug-likeness (QED) is 0.798. The molecule has 3 heteroatoms. The summed E-state index contributed by atoms with van der Waals surface area (Å²) in [5, 5.41) is 3.39. The summed E-state index contributed by atoms with van der Waals surface area (Å²) in [4.78, 5) is 0. The Bertz CT molecular complexity index is 422. The third kappa shape index (κ3) is 4.13. The van der Waals surface area contributed by atoms with Crippen LogP contribution < -0.4 is 5.32 Å². The maximum absolute atomic E-state index is 13.5. The lowest BCUT2D eigenvalue weighted by Gasteiger charge is -2.21. The van der Waals surface area contributed by atoms with Gasteiger partial charge in [0.15, 0.2) is 0 Å². The van der Waals surface area contributed by atoms with Gasteiger partial charge in [-0.1, -0.05) is 18.2 Å². The summed E-state index contributed by atoms with van der Waals surface area (Å²) in [6, 6.07) is 4.12. The fourth-order valence-electron chi connectivity index (χ4n) is 2.52. The minimum atomic E-state index is -0.450. The predicted octanol–water partition coefficient (Wildman–Crippen LogP) is 3.84. The van der Waals surface area contributed by atoms with Gasteiger partial charge in [-0.05, 0) is 57.2 Å². The molecule has 0 heterocycles. The maximum Gasteiger partial charge on any atom is 0.129 e. The molecule has 1 aliphatic carbocycles. The van der Waals surface area contributed by atoms with E-state index in [1.165, 1.54) is 24.6 Å². The number of hydrogen-bond acceptors (Lipinski definition) is 1. The minimum absolute atomic E-state index is 0.0808. The molecule has 0 aliphatic heterocycles. The van der Waals surface area contributed by atoms with Gasteiger partial charge in [0.25, 0.3) is 0 Å². The first-order chi connectivity index (χ1) is 9.16. The highest BCUT2D eigenvalue weighted by Crippen LogP contribution is 2.18. The molecule has 0 spiro atoms. The third-order valence-electron chi connectivity index (χ3n) is 3.70. The van der Waals surface area contributed by atoms with Crippen molar-refractivity contribution in [2.75, 3.05) is 6.54 Å². The third-order valence-corrected chi connectivity index (χ3v) is 3.70. The first-order valence-electron chi connectivity index (χ1n) is 6.98. The van der Waals surface area contributed by atoms with Gasteiger partial charge in [0.05, 0.1) is 0 Å². The molecule has 1 aromatic carbocycles. The van der Waals surface area contributed by atoms with Gasteiger partial charge in [-0.2, -0.15) is 0 Å². The van der Waals surface area contributed by atoms with Crippen molar-refractivity contribution in [2.45, 2.75) is 38.6 Å². The van der Waals surface area contributed by atoms with E-state index in [1.807, 2.05) is 6.92 Å². The van der Waals surface area contributed by atoms with Crippen LogP contribution in [0.3, 0.4) is 0 Å². The molecule has 0 bridgehead atoms. The average Bonchev–Trinajstić information content (AvgIpc) is 2.42. The number of benzene rings is 1. The fraction of sp³-hybridized carbons (Fsp3) is 0.500. The summed E-state index contributed by atoms with van der Waals surface area (Å²) in [6.45, 7) is 2.89. The van der Waals surface area contributed by atoms with E-state index in [9.17, 15) is 8.78 Å². The van der Waals surface area contributed by atoms with Gasteiger partial charge in [0.2, 0.25) is 0 Å². The van der Waals surface area contributed by atoms with E-state index in [4.69, 9.17) is 0 Å². The zero-order chi connectivity index (χ0) is 13.7. The molecule has 19 heavy (non-hydrogen) atoms. The van der Waals surface area contributed by atoms with Gasteiger partial charge in [-0.3, -0.25) is 0 Å². The summed E-state index contributed by atoms with van der Waals surface area (Å²) in [6.07, 6.45) is 8.27. The molecule has 1 aromatic rings. The van der Waals surface area contributed by atoms with Crippen molar-refractivity contribution in [3.8, 4) is 0 Å². The summed E-state index contributed by atoms with van der Waals surface area (Å²) in [5.74, 6) is -0.249. The Balaban J connectivity index is 1.83. The van der Waals surface area contributed by atoms with Crippen LogP contribution in [0.1, 0.15) is 31.7 Å². The lowest BCUT2D eigenvalue weighted by atomic mass is 9.94. The topological polar surface area (TPSA) is 12.0 Å². The standard InChI is InChI=1S/C16H21F2N/c1-12(19-11-13-6-3-2-4-7-13)10-14-15(17)8-5-9-16(14)18/h2-3,5,8-9,12-13,19H,4,6-7,10-11H2,1H3. The summed E-state index contributed by atoms with van der Waals surface area (Å²) >= 11 is 0. The second-order valence-electron chi connectivity index (χ2n) is 5.36. The Labute approximate surface area is 113 Å². The predicted molar refractivity (Wildman–Crippen MR) is 74.0 cm³/mol. The Hall–Kier alpha value is -1.22. The molecule has 0 saturated heterocycles. The van der Waals surface area contributed by atoms with E-state index >= 15 is 0 Å². The van der Waals surface area contributed by atoms with Crippen molar-refractivity contribution in [3.63, 3.8) is 0 Å². The number of allylic oxidation sites excluding steroid dienone is 2. The molecule has 0 saturated carbocycles. The van der Waals surface area contributed by atoms with Crippen molar-refractivity contribution in [1.82, 2.24) is 5.32 Å². The van der Waals surface area contributed by atoms with Crippen molar-refractivity contribution in [1.29, 1.82) is 0 Å². The van der Waals surface area contributed by atoms with E-state index in [0.29, 0.717) is 12.3 Å². The minimum Gasteiger partial charge on any atom is -0.314 e. The Morgan fingerprint density at radius 3 is 2.63 bits per heavy atom. The molecule has 2 unspecified atom stereocenters. The van der Waals surface area contributed by atoms with Crippen LogP contribution in [0, 0.1) is 17.6 Å². The second kappa shape index (κ2) is 6.80. The van der Waals surface area contributed by atoms with E-state index in [0.717, 1.165) is 19.4 Å². The lowest BCUT2D eigenvalue weighted by molar-refractivity contribution is 0.405. The molecule has 1 nitrogen and oxygen atoms in total. The SMILES string of the molecule is CC(Cc1c(F)cccc1F)NCC1CC=CCC1. The second-order valence-corrected chi connectivity index (χ2v) is 5.36. The Kier molecular flexibility index (Phi) is 5.08. The van der Waals surface area contributed by atoms with Crippen LogP contribution in [0.4, 0.5) is 8.78 Å². The van der Waals surface area contributed by atoms with Crippen LogP contribution in [-0.4, -0.2) is 12.6 Å². The molecule has 0 fully saturated rings. The largest absolute Gasteiger partial charge is 0.314 e. The molecule has 1 aliphatic rings. The van der Waals surface area contributed by atoms with Gasteiger partial charge in [-0.15, -0.1) is 0 Å². The normalized spacial score (nSPS) is 20.5. The zero-order valence-corrected chi connectivity index (χ0v) is 11.3. The summed E-state index contributed by atoms with van der Waals surface area (Å²) in [7, 11) is 0. The molecule has 2 atom stereocenters. The van der Waals surface area contributed by atoms with Gasteiger partial charge in [-0.25, -0.2) is 8.78 Å². The molecule has 0 aromatic heterocycles. The van der Waals surface area contributed by atoms with Crippen LogP contribution in [0.5, 0.6) is 0 Å². The van der Waals surface area contributed by atoms with Gasteiger partial charge in [0, 0.05) is 11.6 Å². The lowest BCUT2D eigenvalue weighted by Crippen LogP contribution is -2.33. The summed E-state index contributed by atoms with van der Waals surface area (Å²) in [5.41, 5.74) is 0.186.